The van der Waals surface area contributed by atoms with Crippen molar-refractivity contribution in [3.8, 4) is 17.6 Å². The molecule has 0 spiro atoms. The van der Waals surface area contributed by atoms with Crippen LogP contribution in [-0.2, 0) is 4.79 Å². The number of pyridine rings is 1. The van der Waals surface area contributed by atoms with Gasteiger partial charge in [-0.05, 0) is 73.8 Å². The molecule has 1 saturated heterocycles. The molecule has 35 heavy (non-hydrogen) atoms. The molecule has 0 amide bonds. The smallest absolute Gasteiger partial charge is 0.303 e. The zero-order valence-corrected chi connectivity index (χ0v) is 21.2. The van der Waals surface area contributed by atoms with Gasteiger partial charge in [0.05, 0.1) is 41.6 Å². The van der Waals surface area contributed by atoms with Crippen molar-refractivity contribution in [2.75, 3.05) is 26.7 Å². The molecule has 3 heterocycles. The minimum absolute atomic E-state index is 0.0904. The fourth-order valence-corrected chi connectivity index (χ4v) is 5.70. The van der Waals surface area contributed by atoms with Gasteiger partial charge in [0.2, 0.25) is 0 Å². The van der Waals surface area contributed by atoms with Crippen molar-refractivity contribution in [1.82, 2.24) is 9.88 Å². The Morgan fingerprint density at radius 3 is 2.83 bits per heavy atom. The van der Waals surface area contributed by atoms with Gasteiger partial charge in [-0.1, -0.05) is 29.5 Å². The van der Waals surface area contributed by atoms with Crippen molar-refractivity contribution in [3.63, 3.8) is 0 Å². The number of halogens is 1. The van der Waals surface area contributed by atoms with E-state index in [2.05, 4.69) is 21.7 Å². The number of benzene rings is 1. The molecule has 184 valence electrons. The van der Waals surface area contributed by atoms with E-state index in [1.807, 2.05) is 35.7 Å². The Morgan fingerprint density at radius 1 is 1.34 bits per heavy atom. The van der Waals surface area contributed by atoms with E-state index in [1.165, 1.54) is 0 Å². The first-order chi connectivity index (χ1) is 16.9. The number of hydrogen-bond acceptors (Lipinski definition) is 6. The van der Waals surface area contributed by atoms with Crippen LogP contribution in [0.5, 0.6) is 5.75 Å². The first-order valence-electron chi connectivity index (χ1n) is 11.7. The number of aliphatic carboxylic acids is 1. The molecule has 4 rings (SSSR count). The summed E-state index contributed by atoms with van der Waals surface area (Å²) in [6.07, 6.45) is 3.34. The SMILES string of the molecule is COc1ccc2ncc(Cl)c([C@H](O)CCC3(CC(=O)O)CCN(CC#Cc4cccs4)CC3)c2c1. The molecule has 0 aliphatic carbocycles. The van der Waals surface area contributed by atoms with E-state index in [9.17, 15) is 15.0 Å². The van der Waals surface area contributed by atoms with Crippen molar-refractivity contribution >= 4 is 39.8 Å². The van der Waals surface area contributed by atoms with Crippen LogP contribution in [0.15, 0.2) is 41.9 Å². The van der Waals surface area contributed by atoms with Crippen LogP contribution in [0.2, 0.25) is 5.02 Å². The van der Waals surface area contributed by atoms with Crippen LogP contribution in [0.25, 0.3) is 10.9 Å². The fraction of sp³-hybridized carbons (Fsp3) is 0.407. The summed E-state index contributed by atoms with van der Waals surface area (Å²) in [4.78, 5) is 19.4. The van der Waals surface area contributed by atoms with Gasteiger partial charge in [0, 0.05) is 17.1 Å². The maximum Gasteiger partial charge on any atom is 0.303 e. The largest absolute Gasteiger partial charge is 0.497 e. The minimum atomic E-state index is -0.833. The van der Waals surface area contributed by atoms with E-state index < -0.39 is 12.1 Å². The number of aliphatic hydroxyl groups is 1. The third kappa shape index (κ3) is 6.33. The number of methoxy groups -OCH3 is 1. The highest BCUT2D eigenvalue weighted by atomic mass is 35.5. The number of ether oxygens (including phenoxy) is 1. The number of likely N-dealkylation sites (tertiary alicyclic amines) is 1. The summed E-state index contributed by atoms with van der Waals surface area (Å²) in [5, 5.41) is 24.0. The van der Waals surface area contributed by atoms with Crippen molar-refractivity contribution in [3.05, 3.63) is 57.4 Å². The third-order valence-electron chi connectivity index (χ3n) is 6.83. The average molecular weight is 513 g/mol. The number of carboxylic acids is 1. The zero-order valence-electron chi connectivity index (χ0n) is 19.7. The highest BCUT2D eigenvalue weighted by Crippen LogP contribution is 2.43. The van der Waals surface area contributed by atoms with Crippen LogP contribution < -0.4 is 4.74 Å². The van der Waals surface area contributed by atoms with Gasteiger partial charge in [-0.25, -0.2) is 0 Å². The first kappa shape index (κ1) is 25.5. The van der Waals surface area contributed by atoms with E-state index in [-0.39, 0.29) is 11.8 Å². The molecular formula is C27H29ClN2O4S. The number of aromatic nitrogens is 1. The van der Waals surface area contributed by atoms with Crippen molar-refractivity contribution in [2.45, 2.75) is 38.2 Å². The lowest BCUT2D eigenvalue weighted by molar-refractivity contribution is -0.141. The van der Waals surface area contributed by atoms with Gasteiger partial charge in [-0.15, -0.1) is 11.3 Å². The number of carboxylic acid groups (broad SMARTS) is 1. The van der Waals surface area contributed by atoms with Gasteiger partial charge in [-0.3, -0.25) is 14.7 Å². The van der Waals surface area contributed by atoms with Gasteiger partial charge in [0.25, 0.3) is 0 Å². The molecule has 1 aliphatic heterocycles. The Balaban J connectivity index is 1.44. The van der Waals surface area contributed by atoms with E-state index in [0.29, 0.717) is 35.7 Å². The number of hydrogen-bond donors (Lipinski definition) is 2. The average Bonchev–Trinajstić information content (AvgIpc) is 3.36. The third-order valence-corrected chi connectivity index (χ3v) is 7.91. The summed E-state index contributed by atoms with van der Waals surface area (Å²) in [7, 11) is 1.59. The van der Waals surface area contributed by atoms with Crippen molar-refractivity contribution in [2.24, 2.45) is 5.41 Å². The second-order valence-corrected chi connectivity index (χ2v) is 10.4. The van der Waals surface area contributed by atoms with E-state index >= 15 is 0 Å². The molecule has 1 aromatic carbocycles. The van der Waals surface area contributed by atoms with Gasteiger partial charge in [-0.2, -0.15) is 0 Å². The topological polar surface area (TPSA) is 82.9 Å². The molecule has 6 nitrogen and oxygen atoms in total. The lowest BCUT2D eigenvalue weighted by Crippen LogP contribution is -2.41. The molecule has 0 unspecified atom stereocenters. The van der Waals surface area contributed by atoms with Crippen LogP contribution in [0.1, 0.15) is 48.6 Å². The Morgan fingerprint density at radius 2 is 2.14 bits per heavy atom. The number of rotatable bonds is 8. The number of aliphatic hydroxyl groups excluding tert-OH is 1. The van der Waals surface area contributed by atoms with Gasteiger partial charge in [0.15, 0.2) is 0 Å². The molecule has 3 aromatic rings. The van der Waals surface area contributed by atoms with E-state index in [0.717, 1.165) is 41.7 Å². The van der Waals surface area contributed by atoms with Crippen LogP contribution in [0.4, 0.5) is 0 Å². The number of carbonyl (C=O) groups is 1. The molecule has 8 heteroatoms. The molecular weight excluding hydrogens is 484 g/mol. The van der Waals surface area contributed by atoms with Crippen LogP contribution in [0, 0.1) is 17.3 Å². The van der Waals surface area contributed by atoms with Crippen LogP contribution in [0.3, 0.4) is 0 Å². The van der Waals surface area contributed by atoms with Crippen molar-refractivity contribution in [1.29, 1.82) is 0 Å². The molecule has 0 saturated carbocycles. The predicted octanol–water partition coefficient (Wildman–Crippen LogP) is 5.38. The number of fused-ring (bicyclic) bond motifs is 1. The maximum atomic E-state index is 11.7. The lowest BCUT2D eigenvalue weighted by atomic mass is 9.71. The van der Waals surface area contributed by atoms with Crippen molar-refractivity contribution < 1.29 is 19.7 Å². The first-order valence-corrected chi connectivity index (χ1v) is 12.9. The number of thiophene rings is 1. The molecule has 1 fully saturated rings. The summed E-state index contributed by atoms with van der Waals surface area (Å²) < 4.78 is 5.34. The summed E-state index contributed by atoms with van der Waals surface area (Å²) in [6, 6.07) is 9.48. The van der Waals surface area contributed by atoms with E-state index in [4.69, 9.17) is 16.3 Å². The predicted molar refractivity (Wildman–Crippen MR) is 139 cm³/mol. The molecule has 1 aliphatic rings. The van der Waals surface area contributed by atoms with Gasteiger partial charge in [0.1, 0.15) is 5.75 Å². The minimum Gasteiger partial charge on any atom is -0.497 e. The monoisotopic (exact) mass is 512 g/mol. The summed E-state index contributed by atoms with van der Waals surface area (Å²) in [6.45, 7) is 2.25. The summed E-state index contributed by atoms with van der Waals surface area (Å²) >= 11 is 8.09. The molecule has 2 aromatic heterocycles. The lowest BCUT2D eigenvalue weighted by Gasteiger charge is -2.41. The standard InChI is InChI=1S/C27H29ClN2O4S/c1-34-19-6-7-23-21(16-19)26(22(28)18-29-23)24(31)8-9-27(17-25(32)33)10-13-30(14-11-27)12-2-4-20-5-3-15-35-20/h3,5-7,15-16,18,24,31H,8-14,17H2,1H3,(H,32,33)/t24-/m1/s1. The van der Waals surface area contributed by atoms with Gasteiger partial charge >= 0.3 is 5.97 Å². The second-order valence-electron chi connectivity index (χ2n) is 9.08. The Bertz CT molecular complexity index is 1230. The number of piperidine rings is 1. The normalized spacial score (nSPS) is 16.4. The Kier molecular flexibility index (Phi) is 8.30. The molecule has 2 N–H and O–H groups in total. The summed E-state index contributed by atoms with van der Waals surface area (Å²) in [5.74, 6) is 6.27. The van der Waals surface area contributed by atoms with Crippen LogP contribution >= 0.6 is 22.9 Å². The zero-order chi connectivity index (χ0) is 24.8. The highest BCUT2D eigenvalue weighted by Gasteiger charge is 2.37. The van der Waals surface area contributed by atoms with Crippen LogP contribution in [-0.4, -0.2) is 52.8 Å². The Labute approximate surface area is 214 Å². The fourth-order valence-electron chi connectivity index (χ4n) is 4.83. The van der Waals surface area contributed by atoms with Gasteiger partial charge < -0.3 is 14.9 Å². The highest BCUT2D eigenvalue weighted by molar-refractivity contribution is 7.10. The maximum absolute atomic E-state index is 11.7. The second kappa shape index (κ2) is 11.4. The Hall–Kier alpha value is -2.63. The molecule has 1 atom stereocenters. The van der Waals surface area contributed by atoms with E-state index in [1.54, 1.807) is 24.6 Å². The number of nitrogens with zero attached hydrogens (tertiary/aromatic N) is 2. The summed E-state index contributed by atoms with van der Waals surface area (Å²) in [5.41, 5.74) is 0.973. The quantitative estimate of drug-likeness (QED) is 0.394. The molecule has 0 radical (unpaired) electrons. The molecule has 0 bridgehead atoms.